The minimum atomic E-state index is -0.810. The van der Waals surface area contributed by atoms with Crippen molar-refractivity contribution in [3.05, 3.63) is 53.3 Å². The molecule has 1 saturated heterocycles. The largest absolute Gasteiger partial charge is 0.376 e. The highest BCUT2D eigenvalue weighted by molar-refractivity contribution is 7.09. The number of imide groups is 1. The molecule has 10 heteroatoms. The summed E-state index contributed by atoms with van der Waals surface area (Å²) in [6, 6.07) is 10.5. The molecular formula is C24H24N6O3S. The Balaban J connectivity index is 1.34. The Morgan fingerprint density at radius 2 is 2.00 bits per heavy atom. The highest BCUT2D eigenvalue weighted by Gasteiger charge is 2.39. The third-order valence-corrected chi connectivity index (χ3v) is 7.02. The zero-order chi connectivity index (χ0) is 24.0. The molecule has 1 unspecified atom stereocenters. The van der Waals surface area contributed by atoms with E-state index >= 15 is 0 Å². The van der Waals surface area contributed by atoms with Gasteiger partial charge in [0.1, 0.15) is 10.8 Å². The lowest BCUT2D eigenvalue weighted by molar-refractivity contribution is -0.121. The van der Waals surface area contributed by atoms with E-state index in [1.807, 2.05) is 38.1 Å². The summed E-state index contributed by atoms with van der Waals surface area (Å²) in [6.07, 6.45) is 0.568. The van der Waals surface area contributed by atoms with Crippen LogP contribution in [0.3, 0.4) is 0 Å². The minimum Gasteiger partial charge on any atom is -0.376 e. The molecule has 2 aromatic carbocycles. The summed E-state index contributed by atoms with van der Waals surface area (Å²) in [6.45, 7) is 4.43. The second-order valence-electron chi connectivity index (χ2n) is 8.48. The zero-order valence-electron chi connectivity index (χ0n) is 18.9. The highest BCUT2D eigenvalue weighted by Crippen LogP contribution is 2.37. The molecule has 174 valence electrons. The fourth-order valence-electron chi connectivity index (χ4n) is 4.42. The molecule has 2 aliphatic heterocycles. The van der Waals surface area contributed by atoms with E-state index in [1.54, 1.807) is 17.0 Å². The van der Waals surface area contributed by atoms with Gasteiger partial charge in [-0.3, -0.25) is 14.4 Å². The molecule has 1 aromatic heterocycles. The van der Waals surface area contributed by atoms with Gasteiger partial charge in [0.15, 0.2) is 0 Å². The summed E-state index contributed by atoms with van der Waals surface area (Å²) in [4.78, 5) is 45.2. The predicted molar refractivity (Wildman–Crippen MR) is 131 cm³/mol. The fourth-order valence-corrected chi connectivity index (χ4v) is 5.08. The molecule has 0 radical (unpaired) electrons. The van der Waals surface area contributed by atoms with Crippen LogP contribution in [0.5, 0.6) is 0 Å². The van der Waals surface area contributed by atoms with E-state index in [1.165, 1.54) is 16.4 Å². The lowest BCUT2D eigenvalue weighted by atomic mass is 10.1. The van der Waals surface area contributed by atoms with Gasteiger partial charge in [-0.05, 0) is 55.6 Å². The van der Waals surface area contributed by atoms with Gasteiger partial charge in [0.05, 0.1) is 24.7 Å². The predicted octanol–water partition coefficient (Wildman–Crippen LogP) is 2.41. The molecule has 3 N–H and O–H groups in total. The van der Waals surface area contributed by atoms with Crippen molar-refractivity contribution in [3.8, 4) is 10.6 Å². The number of nitrogens with zero attached hydrogens (tertiary/aromatic N) is 4. The second-order valence-corrected chi connectivity index (χ2v) is 9.23. The molecule has 5 rings (SSSR count). The van der Waals surface area contributed by atoms with Gasteiger partial charge in [-0.25, -0.2) is 9.88 Å². The molecule has 2 aliphatic rings. The molecule has 0 aliphatic carbocycles. The van der Waals surface area contributed by atoms with Crippen molar-refractivity contribution in [2.45, 2.75) is 32.7 Å². The van der Waals surface area contributed by atoms with E-state index in [4.69, 9.17) is 5.73 Å². The van der Waals surface area contributed by atoms with Crippen LogP contribution in [0.25, 0.3) is 10.6 Å². The Bertz CT molecular complexity index is 1320. The zero-order valence-corrected chi connectivity index (χ0v) is 19.7. The van der Waals surface area contributed by atoms with Crippen LogP contribution in [-0.2, 0) is 20.8 Å². The van der Waals surface area contributed by atoms with E-state index in [0.717, 1.165) is 38.9 Å². The smallest absolute Gasteiger partial charge is 0.251 e. The van der Waals surface area contributed by atoms with Crippen LogP contribution in [-0.4, -0.2) is 46.2 Å². The van der Waals surface area contributed by atoms with Crippen LogP contribution in [0.1, 0.15) is 23.4 Å². The van der Waals surface area contributed by atoms with Crippen molar-refractivity contribution in [2.24, 2.45) is 5.73 Å². The maximum atomic E-state index is 13.1. The molecule has 1 fully saturated rings. The quantitative estimate of drug-likeness (QED) is 0.542. The number of hydrogen-bond acceptors (Lipinski definition) is 8. The van der Waals surface area contributed by atoms with E-state index < -0.39 is 11.9 Å². The Morgan fingerprint density at radius 1 is 1.21 bits per heavy atom. The number of hydrogen-bond donors (Lipinski definition) is 2. The average molecular weight is 477 g/mol. The van der Waals surface area contributed by atoms with Gasteiger partial charge in [0.2, 0.25) is 11.8 Å². The van der Waals surface area contributed by atoms with Crippen LogP contribution in [0.15, 0.2) is 36.4 Å². The Kier molecular flexibility index (Phi) is 5.62. The van der Waals surface area contributed by atoms with E-state index in [-0.39, 0.29) is 24.8 Å². The van der Waals surface area contributed by atoms with Crippen molar-refractivity contribution < 1.29 is 14.4 Å². The van der Waals surface area contributed by atoms with Crippen LogP contribution in [0, 0.1) is 13.8 Å². The van der Waals surface area contributed by atoms with Gasteiger partial charge < -0.3 is 16.0 Å². The van der Waals surface area contributed by atoms with Crippen LogP contribution < -0.4 is 20.9 Å². The van der Waals surface area contributed by atoms with Gasteiger partial charge in [-0.2, -0.15) is 4.37 Å². The standard InChI is InChI=1S/C24H24N6O3S/c1-13-6-7-15(23-27-14(2)28-34-23)10-18(13)26-12-22(32)29-9-8-16-19(29)4-3-5-20(16)30-21(31)11-17(25)24(30)33/h3-7,10,17,26H,8-9,11-12,25H2,1-2H3. The third kappa shape index (κ3) is 3.84. The lowest BCUT2D eigenvalue weighted by Crippen LogP contribution is -2.36. The molecule has 3 amide bonds. The van der Waals surface area contributed by atoms with E-state index in [9.17, 15) is 14.4 Å². The summed E-state index contributed by atoms with van der Waals surface area (Å²) in [5.74, 6) is -0.0657. The molecule has 0 spiro atoms. The van der Waals surface area contributed by atoms with Crippen LogP contribution in [0.2, 0.25) is 0 Å². The van der Waals surface area contributed by atoms with Gasteiger partial charge in [0, 0.05) is 29.0 Å². The van der Waals surface area contributed by atoms with Crippen molar-refractivity contribution >= 4 is 46.3 Å². The van der Waals surface area contributed by atoms with Crippen molar-refractivity contribution in [2.75, 3.05) is 28.2 Å². The van der Waals surface area contributed by atoms with Crippen LogP contribution in [0.4, 0.5) is 17.1 Å². The number of rotatable bonds is 5. The van der Waals surface area contributed by atoms with Gasteiger partial charge in [-0.1, -0.05) is 18.2 Å². The Labute approximate surface area is 200 Å². The van der Waals surface area contributed by atoms with Gasteiger partial charge in [-0.15, -0.1) is 0 Å². The number of amides is 3. The number of nitrogens with two attached hydrogens (primary N) is 1. The second kappa shape index (κ2) is 8.62. The first kappa shape index (κ1) is 22.2. The highest BCUT2D eigenvalue weighted by atomic mass is 32.1. The number of aryl methyl sites for hydroxylation is 2. The summed E-state index contributed by atoms with van der Waals surface area (Å²) in [5, 5.41) is 4.09. The molecule has 34 heavy (non-hydrogen) atoms. The lowest BCUT2D eigenvalue weighted by Gasteiger charge is -2.21. The number of anilines is 3. The van der Waals surface area contributed by atoms with Crippen molar-refractivity contribution in [3.63, 3.8) is 0 Å². The number of benzene rings is 2. The number of carbonyl (C=O) groups is 3. The summed E-state index contributed by atoms with van der Waals surface area (Å²) in [7, 11) is 0. The van der Waals surface area contributed by atoms with E-state index in [0.29, 0.717) is 18.7 Å². The summed E-state index contributed by atoms with van der Waals surface area (Å²) < 4.78 is 4.24. The first-order valence-electron chi connectivity index (χ1n) is 11.0. The molecule has 0 bridgehead atoms. The average Bonchev–Trinajstić information content (AvgIpc) is 3.51. The third-order valence-electron chi connectivity index (χ3n) is 6.17. The van der Waals surface area contributed by atoms with Gasteiger partial charge >= 0.3 is 0 Å². The number of fused-ring (bicyclic) bond motifs is 1. The summed E-state index contributed by atoms with van der Waals surface area (Å²) >= 11 is 1.34. The molecular weight excluding hydrogens is 452 g/mol. The fraction of sp³-hybridized carbons (Fsp3) is 0.292. The first-order chi connectivity index (χ1) is 16.3. The van der Waals surface area contributed by atoms with Gasteiger partial charge in [0.25, 0.3) is 5.91 Å². The number of aromatic nitrogens is 2. The van der Waals surface area contributed by atoms with Crippen LogP contribution >= 0.6 is 11.5 Å². The molecule has 1 atom stereocenters. The Morgan fingerprint density at radius 3 is 2.71 bits per heavy atom. The first-order valence-corrected chi connectivity index (χ1v) is 11.8. The SMILES string of the molecule is Cc1nsc(-c2ccc(C)c(NCC(=O)N3CCc4c3cccc4N3C(=O)CC(N)C3=O)c2)n1. The number of nitrogens with one attached hydrogen (secondary N) is 1. The molecule has 3 aromatic rings. The van der Waals surface area contributed by atoms with E-state index in [2.05, 4.69) is 14.7 Å². The summed E-state index contributed by atoms with van der Waals surface area (Å²) in [5.41, 5.74) is 10.7. The topological polar surface area (TPSA) is 122 Å². The Hall–Kier alpha value is -3.63. The molecule has 9 nitrogen and oxygen atoms in total. The van der Waals surface area contributed by atoms with Crippen molar-refractivity contribution in [1.29, 1.82) is 0 Å². The number of carbonyl (C=O) groups excluding carboxylic acids is 3. The molecule has 3 heterocycles. The molecule has 0 saturated carbocycles. The maximum absolute atomic E-state index is 13.1. The monoisotopic (exact) mass is 476 g/mol. The normalized spacial score (nSPS) is 17.4. The minimum absolute atomic E-state index is 0.00407. The maximum Gasteiger partial charge on any atom is 0.251 e. The van der Waals surface area contributed by atoms with Crippen molar-refractivity contribution in [1.82, 2.24) is 9.36 Å².